The topological polar surface area (TPSA) is 83.2 Å². The molecule has 3 atom stereocenters. The summed E-state index contributed by atoms with van der Waals surface area (Å²) in [6.07, 6.45) is 10.1. The second-order valence-electron chi connectivity index (χ2n) is 6.64. The normalized spacial score (nSPS) is 22.9. The van der Waals surface area contributed by atoms with Gasteiger partial charge in [0.1, 0.15) is 5.82 Å². The maximum Gasteiger partial charge on any atom is 0.159 e. The number of rotatable bonds is 5. The highest BCUT2D eigenvalue weighted by atomic mass is 16.5. The van der Waals surface area contributed by atoms with Crippen LogP contribution in [0, 0.1) is 23.2 Å². The number of hydrogen-bond acceptors (Lipinski definition) is 6. The van der Waals surface area contributed by atoms with Gasteiger partial charge in [0.2, 0.25) is 0 Å². The van der Waals surface area contributed by atoms with Crippen LogP contribution in [-0.2, 0) is 4.74 Å². The van der Waals surface area contributed by atoms with E-state index < -0.39 is 0 Å². The minimum atomic E-state index is 0.152. The Morgan fingerprint density at radius 3 is 3.04 bits per heavy atom. The van der Waals surface area contributed by atoms with Gasteiger partial charge in [0.05, 0.1) is 12.7 Å². The minimum Gasteiger partial charge on any atom is -0.383 e. The third kappa shape index (κ3) is 3.89. The SMILES string of the molecule is COCC(C)Nc1ccnc(C2=CN=C3C=CC(C#N)=CCC2C3C)n1. The van der Waals surface area contributed by atoms with Gasteiger partial charge in [-0.1, -0.05) is 13.0 Å². The van der Waals surface area contributed by atoms with E-state index in [4.69, 9.17) is 4.74 Å². The Morgan fingerprint density at radius 1 is 1.42 bits per heavy atom. The molecule has 1 aromatic rings. The lowest BCUT2D eigenvalue weighted by molar-refractivity contribution is 0.190. The average molecular weight is 349 g/mol. The molecule has 1 aromatic heterocycles. The van der Waals surface area contributed by atoms with Gasteiger partial charge in [-0.15, -0.1) is 0 Å². The molecule has 0 aromatic carbocycles. The number of aromatic nitrogens is 2. The first-order chi connectivity index (χ1) is 12.6. The number of methoxy groups -OCH3 is 1. The Bertz CT molecular complexity index is 831. The van der Waals surface area contributed by atoms with Gasteiger partial charge in [0.25, 0.3) is 0 Å². The predicted octanol–water partition coefficient (Wildman–Crippen LogP) is 3.38. The van der Waals surface area contributed by atoms with Crippen LogP contribution in [0.2, 0.25) is 0 Å². The molecule has 0 saturated heterocycles. The van der Waals surface area contributed by atoms with Crippen LogP contribution < -0.4 is 5.32 Å². The molecule has 134 valence electrons. The molecule has 6 heteroatoms. The maximum absolute atomic E-state index is 9.22. The molecule has 0 radical (unpaired) electrons. The van der Waals surface area contributed by atoms with Gasteiger partial charge in [-0.2, -0.15) is 5.26 Å². The van der Waals surface area contributed by atoms with Gasteiger partial charge >= 0.3 is 0 Å². The standard InChI is InChI=1S/C20H23N5O/c1-13(12-26-3)24-19-8-9-22-20(25-19)17-11-23-18-7-5-15(10-21)4-6-16(17)14(18)2/h4-5,7-9,11,13-14,16H,6,12H2,1-3H3,(H,22,24,25). The zero-order valence-electron chi connectivity index (χ0n) is 15.3. The second-order valence-corrected chi connectivity index (χ2v) is 6.64. The van der Waals surface area contributed by atoms with Crippen molar-refractivity contribution >= 4 is 17.1 Å². The molecule has 1 N–H and O–H groups in total. The molecule has 2 aliphatic rings. The van der Waals surface area contributed by atoms with E-state index in [1.807, 2.05) is 37.4 Å². The Hall–Kier alpha value is -2.78. The van der Waals surface area contributed by atoms with Crippen LogP contribution in [0.1, 0.15) is 26.1 Å². The first kappa shape index (κ1) is 18.0. The molecule has 3 rings (SSSR count). The van der Waals surface area contributed by atoms with Crippen LogP contribution in [0.3, 0.4) is 0 Å². The summed E-state index contributed by atoms with van der Waals surface area (Å²) in [6, 6.07) is 4.22. The summed E-state index contributed by atoms with van der Waals surface area (Å²) in [4.78, 5) is 13.7. The van der Waals surface area contributed by atoms with Crippen molar-refractivity contribution in [2.24, 2.45) is 16.8 Å². The van der Waals surface area contributed by atoms with E-state index in [1.54, 1.807) is 13.3 Å². The van der Waals surface area contributed by atoms with Crippen molar-refractivity contribution < 1.29 is 4.74 Å². The van der Waals surface area contributed by atoms with E-state index in [1.165, 1.54) is 0 Å². The Labute approximate surface area is 154 Å². The van der Waals surface area contributed by atoms with Crippen LogP contribution in [0.5, 0.6) is 0 Å². The molecule has 0 saturated carbocycles. The van der Waals surface area contributed by atoms with E-state index in [0.29, 0.717) is 18.0 Å². The molecule has 2 bridgehead atoms. The third-order valence-electron chi connectivity index (χ3n) is 4.70. The molecule has 3 unspecified atom stereocenters. The van der Waals surface area contributed by atoms with Gasteiger partial charge in [-0.25, -0.2) is 9.97 Å². The zero-order chi connectivity index (χ0) is 18.5. The van der Waals surface area contributed by atoms with Crippen molar-refractivity contribution in [3.8, 4) is 6.07 Å². The minimum absolute atomic E-state index is 0.152. The zero-order valence-corrected chi connectivity index (χ0v) is 15.3. The first-order valence-electron chi connectivity index (χ1n) is 8.77. The van der Waals surface area contributed by atoms with Crippen LogP contribution in [-0.4, -0.2) is 35.4 Å². The lowest BCUT2D eigenvalue weighted by Gasteiger charge is -2.29. The molecule has 26 heavy (non-hydrogen) atoms. The summed E-state index contributed by atoms with van der Waals surface area (Å²) in [5, 5.41) is 12.5. The summed E-state index contributed by atoms with van der Waals surface area (Å²) in [5.41, 5.74) is 2.66. The Balaban J connectivity index is 1.91. The second kappa shape index (κ2) is 8.07. The van der Waals surface area contributed by atoms with Gasteiger partial charge in [0, 0.05) is 54.2 Å². The number of nitrogens with one attached hydrogen (secondary N) is 1. The highest BCUT2D eigenvalue weighted by molar-refractivity contribution is 6.00. The van der Waals surface area contributed by atoms with E-state index >= 15 is 0 Å². The number of nitriles is 1. The highest BCUT2D eigenvalue weighted by Crippen LogP contribution is 2.36. The molecule has 2 heterocycles. The number of hydrogen-bond donors (Lipinski definition) is 1. The Morgan fingerprint density at radius 2 is 2.27 bits per heavy atom. The fourth-order valence-corrected chi connectivity index (χ4v) is 3.28. The third-order valence-corrected chi connectivity index (χ3v) is 4.70. The fourth-order valence-electron chi connectivity index (χ4n) is 3.28. The molecule has 1 aliphatic heterocycles. The van der Waals surface area contributed by atoms with Crippen molar-refractivity contribution in [1.29, 1.82) is 5.26 Å². The summed E-state index contributed by atoms with van der Waals surface area (Å²) in [5.74, 6) is 1.88. The molecular weight excluding hydrogens is 326 g/mol. The van der Waals surface area contributed by atoms with E-state index in [-0.39, 0.29) is 17.9 Å². The predicted molar refractivity (Wildman–Crippen MR) is 103 cm³/mol. The monoisotopic (exact) mass is 349 g/mol. The van der Waals surface area contributed by atoms with Gasteiger partial charge in [0.15, 0.2) is 5.82 Å². The largest absolute Gasteiger partial charge is 0.383 e. The van der Waals surface area contributed by atoms with Gasteiger partial charge < -0.3 is 10.1 Å². The van der Waals surface area contributed by atoms with E-state index in [0.717, 1.165) is 23.5 Å². The number of ether oxygens (including phenoxy) is 1. The molecule has 0 amide bonds. The van der Waals surface area contributed by atoms with Crippen LogP contribution >= 0.6 is 0 Å². The average Bonchev–Trinajstić information content (AvgIpc) is 2.64. The summed E-state index contributed by atoms with van der Waals surface area (Å²) < 4.78 is 5.16. The molecule has 1 aliphatic carbocycles. The van der Waals surface area contributed by atoms with Crippen molar-refractivity contribution in [2.45, 2.75) is 26.3 Å². The molecular formula is C20H23N5O. The number of anilines is 1. The number of nitrogens with zero attached hydrogens (tertiary/aromatic N) is 4. The quantitative estimate of drug-likeness (QED) is 0.881. The van der Waals surface area contributed by atoms with E-state index in [9.17, 15) is 5.26 Å². The molecule has 0 fully saturated rings. The van der Waals surface area contributed by atoms with Gasteiger partial charge in [-0.3, -0.25) is 4.99 Å². The highest BCUT2D eigenvalue weighted by Gasteiger charge is 2.30. The van der Waals surface area contributed by atoms with Crippen LogP contribution in [0.15, 0.2) is 47.3 Å². The Kier molecular flexibility index (Phi) is 5.59. The number of fused-ring (bicyclic) bond motifs is 2. The van der Waals surface area contributed by atoms with Gasteiger partial charge in [-0.05, 0) is 31.6 Å². The molecule has 6 nitrogen and oxygen atoms in total. The summed E-state index contributed by atoms with van der Waals surface area (Å²) >= 11 is 0. The fraction of sp³-hybridized carbons (Fsp3) is 0.400. The van der Waals surface area contributed by atoms with Crippen molar-refractivity contribution in [3.05, 3.63) is 48.1 Å². The van der Waals surface area contributed by atoms with Crippen molar-refractivity contribution in [1.82, 2.24) is 9.97 Å². The van der Waals surface area contributed by atoms with Crippen molar-refractivity contribution in [3.63, 3.8) is 0 Å². The van der Waals surface area contributed by atoms with E-state index in [2.05, 4.69) is 33.3 Å². The lowest BCUT2D eigenvalue weighted by atomic mass is 9.78. The number of allylic oxidation sites excluding steroid dienone is 5. The smallest absolute Gasteiger partial charge is 0.159 e. The van der Waals surface area contributed by atoms with Crippen LogP contribution in [0.4, 0.5) is 5.82 Å². The summed E-state index contributed by atoms with van der Waals surface area (Å²) in [7, 11) is 1.68. The maximum atomic E-state index is 9.22. The summed E-state index contributed by atoms with van der Waals surface area (Å²) in [6.45, 7) is 4.80. The number of aliphatic imine (C=N–C) groups is 1. The molecule has 0 spiro atoms. The van der Waals surface area contributed by atoms with Crippen molar-refractivity contribution in [2.75, 3.05) is 19.0 Å². The van der Waals surface area contributed by atoms with Crippen LogP contribution in [0.25, 0.3) is 5.57 Å². The first-order valence-corrected chi connectivity index (χ1v) is 8.77. The lowest BCUT2D eigenvalue weighted by Crippen LogP contribution is -2.26.